The molecule has 0 fully saturated rings. The summed E-state index contributed by atoms with van der Waals surface area (Å²) in [5, 5.41) is 19.4. The summed E-state index contributed by atoms with van der Waals surface area (Å²) in [4.78, 5) is 25.7. The van der Waals surface area contributed by atoms with Crippen LogP contribution in [0.5, 0.6) is 5.75 Å². The lowest BCUT2D eigenvalue weighted by molar-refractivity contribution is -0.138. The van der Waals surface area contributed by atoms with E-state index in [0.29, 0.717) is 24.3 Å². The molecule has 7 heteroatoms. The van der Waals surface area contributed by atoms with Gasteiger partial charge in [-0.3, -0.25) is 4.79 Å². The van der Waals surface area contributed by atoms with E-state index < -0.39 is 18.0 Å². The third kappa shape index (κ3) is 4.27. The van der Waals surface area contributed by atoms with Crippen molar-refractivity contribution in [2.75, 3.05) is 6.54 Å². The standard InChI is InChI=1S/C20H20N2O5/c21-7-6-14-11-22-17-5-4-15(9-16(14)17)27-18(10-19(23)24)12-2-1-3-13(8-12)20(25)26/h1-5,8-9,11,18,22H,6-7,10,21H2,(H,23,24)(H,25,26). The Morgan fingerprint density at radius 1 is 1.15 bits per heavy atom. The molecule has 2 aromatic carbocycles. The number of ether oxygens (including phenoxy) is 1. The molecule has 5 N–H and O–H groups in total. The average Bonchev–Trinajstić information content (AvgIpc) is 3.03. The highest BCUT2D eigenvalue weighted by molar-refractivity contribution is 5.88. The maximum atomic E-state index is 11.3. The first-order valence-corrected chi connectivity index (χ1v) is 8.49. The zero-order valence-corrected chi connectivity index (χ0v) is 14.5. The Balaban J connectivity index is 1.93. The topological polar surface area (TPSA) is 126 Å². The van der Waals surface area contributed by atoms with Crippen molar-refractivity contribution < 1.29 is 24.5 Å². The number of aromatic carboxylic acids is 1. The molecule has 3 rings (SSSR count). The number of carboxylic acid groups (broad SMARTS) is 2. The van der Waals surface area contributed by atoms with Crippen molar-refractivity contribution in [3.63, 3.8) is 0 Å². The predicted molar refractivity (Wildman–Crippen MR) is 100 cm³/mol. The molecule has 0 aliphatic rings. The summed E-state index contributed by atoms with van der Waals surface area (Å²) >= 11 is 0. The molecule has 27 heavy (non-hydrogen) atoms. The van der Waals surface area contributed by atoms with Crippen LogP contribution < -0.4 is 10.5 Å². The van der Waals surface area contributed by atoms with Crippen molar-refractivity contribution in [1.82, 2.24) is 4.98 Å². The minimum atomic E-state index is -1.08. The zero-order valence-electron chi connectivity index (χ0n) is 14.5. The first kappa shape index (κ1) is 18.5. The molecule has 3 aromatic rings. The van der Waals surface area contributed by atoms with Crippen LogP contribution in [0, 0.1) is 0 Å². The van der Waals surface area contributed by atoms with E-state index in [1.54, 1.807) is 18.2 Å². The average molecular weight is 368 g/mol. The van der Waals surface area contributed by atoms with E-state index in [1.165, 1.54) is 12.1 Å². The number of nitrogens with one attached hydrogen (secondary N) is 1. The maximum Gasteiger partial charge on any atom is 0.335 e. The smallest absolute Gasteiger partial charge is 0.335 e. The van der Waals surface area contributed by atoms with Crippen LogP contribution in [0.1, 0.15) is 34.0 Å². The fraction of sp³-hybridized carbons (Fsp3) is 0.200. The third-order valence-corrected chi connectivity index (χ3v) is 4.30. The second kappa shape index (κ2) is 7.92. The Labute approximate surface area is 155 Å². The van der Waals surface area contributed by atoms with E-state index in [2.05, 4.69) is 4.98 Å². The number of aliphatic carboxylic acids is 1. The normalized spacial score (nSPS) is 12.0. The van der Waals surface area contributed by atoms with Crippen molar-refractivity contribution in [3.05, 3.63) is 65.4 Å². The number of rotatable bonds is 8. The van der Waals surface area contributed by atoms with Gasteiger partial charge in [0, 0.05) is 17.1 Å². The van der Waals surface area contributed by atoms with Crippen LogP contribution in [0.2, 0.25) is 0 Å². The van der Waals surface area contributed by atoms with Crippen LogP contribution in [0.15, 0.2) is 48.7 Å². The van der Waals surface area contributed by atoms with Crippen LogP contribution in [0.25, 0.3) is 10.9 Å². The molecule has 140 valence electrons. The molecule has 0 aliphatic carbocycles. The summed E-state index contributed by atoms with van der Waals surface area (Å²) < 4.78 is 5.94. The van der Waals surface area contributed by atoms with Crippen LogP contribution in [0.4, 0.5) is 0 Å². The number of aromatic nitrogens is 1. The van der Waals surface area contributed by atoms with Gasteiger partial charge in [-0.05, 0) is 54.4 Å². The van der Waals surface area contributed by atoms with E-state index >= 15 is 0 Å². The lowest BCUT2D eigenvalue weighted by Crippen LogP contribution is -2.13. The van der Waals surface area contributed by atoms with Gasteiger partial charge in [0.1, 0.15) is 11.9 Å². The molecular formula is C20H20N2O5. The van der Waals surface area contributed by atoms with Gasteiger partial charge in [-0.1, -0.05) is 12.1 Å². The van der Waals surface area contributed by atoms with Crippen LogP contribution >= 0.6 is 0 Å². The van der Waals surface area contributed by atoms with Crippen molar-refractivity contribution in [2.24, 2.45) is 5.73 Å². The minimum absolute atomic E-state index is 0.0813. The van der Waals surface area contributed by atoms with Gasteiger partial charge < -0.3 is 25.7 Å². The van der Waals surface area contributed by atoms with E-state index in [0.717, 1.165) is 16.5 Å². The number of aromatic amines is 1. The Kier molecular flexibility index (Phi) is 5.42. The lowest BCUT2D eigenvalue weighted by atomic mass is 10.0. The molecule has 1 unspecified atom stereocenters. The zero-order chi connectivity index (χ0) is 19.4. The second-order valence-electron chi connectivity index (χ2n) is 6.19. The molecule has 1 atom stereocenters. The molecule has 0 saturated carbocycles. The van der Waals surface area contributed by atoms with Gasteiger partial charge in [-0.2, -0.15) is 0 Å². The van der Waals surface area contributed by atoms with Crippen molar-refractivity contribution in [3.8, 4) is 5.75 Å². The van der Waals surface area contributed by atoms with Crippen molar-refractivity contribution in [2.45, 2.75) is 18.9 Å². The highest BCUT2D eigenvalue weighted by Gasteiger charge is 2.19. The number of carbonyl (C=O) groups is 2. The van der Waals surface area contributed by atoms with Gasteiger partial charge >= 0.3 is 11.9 Å². The quantitative estimate of drug-likeness (QED) is 0.484. The van der Waals surface area contributed by atoms with E-state index in [1.807, 2.05) is 18.3 Å². The van der Waals surface area contributed by atoms with E-state index in [4.69, 9.17) is 15.6 Å². The Hall–Kier alpha value is -3.32. The fourth-order valence-electron chi connectivity index (χ4n) is 3.02. The number of H-pyrrole nitrogens is 1. The predicted octanol–water partition coefficient (Wildman–Crippen LogP) is 2.96. The molecule has 0 bridgehead atoms. The van der Waals surface area contributed by atoms with Gasteiger partial charge in [-0.15, -0.1) is 0 Å². The minimum Gasteiger partial charge on any atom is -0.485 e. The highest BCUT2D eigenvalue weighted by atomic mass is 16.5. The molecular weight excluding hydrogens is 348 g/mol. The lowest BCUT2D eigenvalue weighted by Gasteiger charge is -2.18. The van der Waals surface area contributed by atoms with Crippen LogP contribution in [0.3, 0.4) is 0 Å². The first-order valence-electron chi connectivity index (χ1n) is 8.49. The molecule has 0 amide bonds. The molecule has 0 saturated heterocycles. The van der Waals surface area contributed by atoms with Crippen LogP contribution in [-0.2, 0) is 11.2 Å². The molecule has 1 aromatic heterocycles. The number of hydrogen-bond donors (Lipinski definition) is 4. The second-order valence-corrected chi connectivity index (χ2v) is 6.19. The molecule has 0 radical (unpaired) electrons. The maximum absolute atomic E-state index is 11.3. The number of fused-ring (bicyclic) bond motifs is 1. The van der Waals surface area contributed by atoms with Gasteiger partial charge in [-0.25, -0.2) is 4.79 Å². The van der Waals surface area contributed by atoms with E-state index in [-0.39, 0.29) is 12.0 Å². The summed E-state index contributed by atoms with van der Waals surface area (Å²) in [7, 11) is 0. The Morgan fingerprint density at radius 2 is 1.96 bits per heavy atom. The molecule has 7 nitrogen and oxygen atoms in total. The first-order chi connectivity index (χ1) is 13.0. The van der Waals surface area contributed by atoms with Gasteiger partial charge in [0.25, 0.3) is 0 Å². The molecule has 0 aliphatic heterocycles. The van der Waals surface area contributed by atoms with Crippen molar-refractivity contribution in [1.29, 1.82) is 0 Å². The molecule has 1 heterocycles. The number of carboxylic acids is 2. The Bertz CT molecular complexity index is 979. The van der Waals surface area contributed by atoms with Gasteiger partial charge in [0.05, 0.1) is 12.0 Å². The van der Waals surface area contributed by atoms with Crippen LogP contribution in [-0.4, -0.2) is 33.7 Å². The highest BCUT2D eigenvalue weighted by Crippen LogP contribution is 2.29. The fourth-order valence-corrected chi connectivity index (χ4v) is 3.02. The number of hydrogen-bond acceptors (Lipinski definition) is 4. The summed E-state index contributed by atoms with van der Waals surface area (Å²) in [5.41, 5.74) is 8.21. The van der Waals surface area contributed by atoms with Gasteiger partial charge in [0.15, 0.2) is 0 Å². The number of benzene rings is 2. The molecule has 0 spiro atoms. The number of nitrogens with two attached hydrogens (primary N) is 1. The largest absolute Gasteiger partial charge is 0.485 e. The summed E-state index contributed by atoms with van der Waals surface area (Å²) in [6, 6.07) is 11.6. The monoisotopic (exact) mass is 368 g/mol. The van der Waals surface area contributed by atoms with Gasteiger partial charge in [0.2, 0.25) is 0 Å². The summed E-state index contributed by atoms with van der Waals surface area (Å²) in [6.45, 7) is 0.516. The summed E-state index contributed by atoms with van der Waals surface area (Å²) in [6.07, 6.45) is 1.51. The van der Waals surface area contributed by atoms with Crippen molar-refractivity contribution >= 4 is 22.8 Å². The van der Waals surface area contributed by atoms with E-state index in [9.17, 15) is 14.7 Å². The third-order valence-electron chi connectivity index (χ3n) is 4.30. The summed E-state index contributed by atoms with van der Waals surface area (Å²) in [5.74, 6) is -1.61. The SMILES string of the molecule is NCCc1c[nH]c2ccc(OC(CC(=O)O)c3cccc(C(=O)O)c3)cc12. The Morgan fingerprint density at radius 3 is 2.67 bits per heavy atom.